The van der Waals surface area contributed by atoms with E-state index in [9.17, 15) is 4.79 Å². The standard InChI is InChI=1S/C23H26N4O/c1-14-8-16(3)22-19(9-14)20(10-21(25-22)17-4-5-17)23(28)26-7-6-18(13-26)27-12-15(2)11-24-27/h8-12,17-18H,4-7,13H2,1-3H3. The highest BCUT2D eigenvalue weighted by atomic mass is 16.2. The molecule has 1 amide bonds. The van der Waals surface area contributed by atoms with Crippen molar-refractivity contribution in [1.29, 1.82) is 0 Å². The zero-order valence-corrected chi connectivity index (χ0v) is 16.8. The molecule has 1 saturated heterocycles. The quantitative estimate of drug-likeness (QED) is 0.686. The first-order valence-electron chi connectivity index (χ1n) is 10.2. The van der Waals surface area contributed by atoms with Gasteiger partial charge in [-0.15, -0.1) is 0 Å². The van der Waals surface area contributed by atoms with Gasteiger partial charge in [0.05, 0.1) is 23.3 Å². The van der Waals surface area contributed by atoms with E-state index in [0.717, 1.165) is 46.3 Å². The van der Waals surface area contributed by atoms with Crippen molar-refractivity contribution in [3.05, 3.63) is 58.5 Å². The lowest BCUT2D eigenvalue weighted by Gasteiger charge is -2.19. The van der Waals surface area contributed by atoms with Gasteiger partial charge in [-0.2, -0.15) is 5.10 Å². The Morgan fingerprint density at radius 1 is 1.07 bits per heavy atom. The van der Waals surface area contributed by atoms with Gasteiger partial charge in [0, 0.05) is 36.3 Å². The van der Waals surface area contributed by atoms with Gasteiger partial charge in [-0.3, -0.25) is 14.5 Å². The molecule has 144 valence electrons. The zero-order valence-electron chi connectivity index (χ0n) is 16.8. The maximum atomic E-state index is 13.5. The molecule has 2 fully saturated rings. The lowest BCUT2D eigenvalue weighted by atomic mass is 10.00. The van der Waals surface area contributed by atoms with Crippen molar-refractivity contribution in [3.63, 3.8) is 0 Å². The summed E-state index contributed by atoms with van der Waals surface area (Å²) in [5, 5.41) is 5.44. The van der Waals surface area contributed by atoms with Crippen molar-refractivity contribution in [2.24, 2.45) is 0 Å². The molecule has 0 N–H and O–H groups in total. The molecule has 1 saturated carbocycles. The molecule has 1 unspecified atom stereocenters. The minimum atomic E-state index is 0.130. The Balaban J connectivity index is 1.52. The number of carbonyl (C=O) groups is 1. The fourth-order valence-electron chi connectivity index (χ4n) is 4.41. The van der Waals surface area contributed by atoms with Crippen LogP contribution < -0.4 is 0 Å². The van der Waals surface area contributed by atoms with Gasteiger partial charge in [-0.1, -0.05) is 11.6 Å². The first-order chi connectivity index (χ1) is 13.5. The highest BCUT2D eigenvalue weighted by Gasteiger charge is 2.32. The SMILES string of the molecule is Cc1cc(C)c2nc(C3CC3)cc(C(=O)N3CCC(n4cc(C)cn4)C3)c2c1. The van der Waals surface area contributed by atoms with Crippen LogP contribution in [-0.2, 0) is 0 Å². The predicted octanol–water partition coefficient (Wildman–Crippen LogP) is 4.32. The monoisotopic (exact) mass is 374 g/mol. The van der Waals surface area contributed by atoms with Gasteiger partial charge in [-0.25, -0.2) is 0 Å². The van der Waals surface area contributed by atoms with Crippen LogP contribution in [0.4, 0.5) is 0 Å². The highest BCUT2D eigenvalue weighted by molar-refractivity contribution is 6.07. The van der Waals surface area contributed by atoms with Crippen LogP contribution in [0.15, 0.2) is 30.6 Å². The molecule has 2 aromatic heterocycles. The van der Waals surface area contributed by atoms with Crippen molar-refractivity contribution in [2.75, 3.05) is 13.1 Å². The fourth-order valence-corrected chi connectivity index (χ4v) is 4.41. The van der Waals surface area contributed by atoms with E-state index < -0.39 is 0 Å². The van der Waals surface area contributed by atoms with Gasteiger partial charge in [0.2, 0.25) is 0 Å². The third-order valence-corrected chi connectivity index (χ3v) is 6.05. The van der Waals surface area contributed by atoms with Gasteiger partial charge in [0.15, 0.2) is 0 Å². The van der Waals surface area contributed by atoms with Crippen LogP contribution in [-0.4, -0.2) is 38.7 Å². The number of aromatic nitrogens is 3. The summed E-state index contributed by atoms with van der Waals surface area (Å²) in [6.07, 6.45) is 7.26. The van der Waals surface area contributed by atoms with E-state index in [0.29, 0.717) is 12.5 Å². The lowest BCUT2D eigenvalue weighted by Crippen LogP contribution is -2.29. The number of nitrogens with zero attached hydrogens (tertiary/aromatic N) is 4. The fraction of sp³-hybridized carbons (Fsp3) is 0.435. The van der Waals surface area contributed by atoms with Crippen molar-refractivity contribution >= 4 is 16.8 Å². The Bertz CT molecular complexity index is 1080. The van der Waals surface area contributed by atoms with Crippen LogP contribution in [0.5, 0.6) is 0 Å². The van der Waals surface area contributed by atoms with Crippen molar-refractivity contribution in [3.8, 4) is 0 Å². The van der Waals surface area contributed by atoms with Crippen molar-refractivity contribution in [2.45, 2.75) is 52.0 Å². The van der Waals surface area contributed by atoms with Crippen molar-refractivity contribution in [1.82, 2.24) is 19.7 Å². The second-order valence-corrected chi connectivity index (χ2v) is 8.54. The summed E-state index contributed by atoms with van der Waals surface area (Å²) in [6.45, 7) is 7.72. The molecule has 5 nitrogen and oxygen atoms in total. The molecule has 2 aliphatic rings. The third kappa shape index (κ3) is 2.99. The lowest BCUT2D eigenvalue weighted by molar-refractivity contribution is 0.0789. The Labute approximate surface area is 165 Å². The first kappa shape index (κ1) is 17.4. The largest absolute Gasteiger partial charge is 0.336 e. The van der Waals surface area contributed by atoms with Gasteiger partial charge in [0.25, 0.3) is 5.91 Å². The number of aryl methyl sites for hydroxylation is 3. The summed E-state index contributed by atoms with van der Waals surface area (Å²) in [5.41, 5.74) is 6.36. The summed E-state index contributed by atoms with van der Waals surface area (Å²) in [4.78, 5) is 20.4. The average Bonchev–Trinajstić information content (AvgIpc) is 3.24. The molecule has 5 heteroatoms. The Kier molecular flexibility index (Phi) is 4.00. The number of fused-ring (bicyclic) bond motifs is 1. The first-order valence-corrected chi connectivity index (χ1v) is 10.2. The molecule has 1 aliphatic carbocycles. The van der Waals surface area contributed by atoms with Crippen LogP contribution in [0.25, 0.3) is 10.9 Å². The van der Waals surface area contributed by atoms with E-state index in [-0.39, 0.29) is 11.9 Å². The summed E-state index contributed by atoms with van der Waals surface area (Å²) < 4.78 is 2.01. The molecule has 5 rings (SSSR count). The van der Waals surface area contributed by atoms with Crippen LogP contribution in [0.1, 0.15) is 64.0 Å². The Hall–Kier alpha value is -2.69. The van der Waals surface area contributed by atoms with Gasteiger partial charge in [-0.05, 0) is 63.3 Å². The smallest absolute Gasteiger partial charge is 0.254 e. The third-order valence-electron chi connectivity index (χ3n) is 6.05. The number of hydrogen-bond acceptors (Lipinski definition) is 3. The molecular weight excluding hydrogens is 348 g/mol. The maximum Gasteiger partial charge on any atom is 0.254 e. The van der Waals surface area contributed by atoms with Crippen LogP contribution in [0, 0.1) is 20.8 Å². The molecule has 1 aromatic carbocycles. The summed E-state index contributed by atoms with van der Waals surface area (Å²) >= 11 is 0. The van der Waals surface area contributed by atoms with E-state index in [1.165, 1.54) is 18.4 Å². The molecule has 0 bridgehead atoms. The van der Waals surface area contributed by atoms with E-state index in [4.69, 9.17) is 4.98 Å². The van der Waals surface area contributed by atoms with E-state index in [1.807, 2.05) is 15.8 Å². The second kappa shape index (κ2) is 6.43. The maximum absolute atomic E-state index is 13.5. The number of carbonyl (C=O) groups excluding carboxylic acids is 1. The number of hydrogen-bond donors (Lipinski definition) is 0. The molecule has 3 heterocycles. The highest BCUT2D eigenvalue weighted by Crippen LogP contribution is 2.41. The van der Waals surface area contributed by atoms with Gasteiger partial charge >= 0.3 is 0 Å². The normalized spacial score (nSPS) is 19.5. The number of benzene rings is 1. The molecule has 0 radical (unpaired) electrons. The van der Waals surface area contributed by atoms with Crippen LogP contribution >= 0.6 is 0 Å². The summed E-state index contributed by atoms with van der Waals surface area (Å²) in [7, 11) is 0. The second-order valence-electron chi connectivity index (χ2n) is 8.54. The molecule has 28 heavy (non-hydrogen) atoms. The van der Waals surface area contributed by atoms with E-state index >= 15 is 0 Å². The van der Waals surface area contributed by atoms with Gasteiger partial charge < -0.3 is 4.90 Å². The average molecular weight is 374 g/mol. The summed E-state index contributed by atoms with van der Waals surface area (Å²) in [6, 6.07) is 6.60. The molecule has 3 aromatic rings. The number of rotatable bonds is 3. The molecular formula is C23H26N4O. The summed E-state index contributed by atoms with van der Waals surface area (Å²) in [5.74, 6) is 0.653. The van der Waals surface area contributed by atoms with E-state index in [2.05, 4.69) is 50.3 Å². The Morgan fingerprint density at radius 3 is 2.61 bits per heavy atom. The number of pyridine rings is 1. The Morgan fingerprint density at radius 2 is 1.89 bits per heavy atom. The van der Waals surface area contributed by atoms with E-state index in [1.54, 1.807) is 0 Å². The molecule has 1 atom stereocenters. The van der Waals surface area contributed by atoms with Crippen molar-refractivity contribution < 1.29 is 4.79 Å². The molecule has 0 spiro atoms. The van der Waals surface area contributed by atoms with Crippen LogP contribution in [0.2, 0.25) is 0 Å². The molecule has 1 aliphatic heterocycles. The number of likely N-dealkylation sites (tertiary alicyclic amines) is 1. The zero-order chi connectivity index (χ0) is 19.4. The minimum Gasteiger partial charge on any atom is -0.336 e. The topological polar surface area (TPSA) is 51.0 Å². The van der Waals surface area contributed by atoms with Crippen LogP contribution in [0.3, 0.4) is 0 Å². The van der Waals surface area contributed by atoms with Gasteiger partial charge in [0.1, 0.15) is 0 Å². The number of amides is 1. The minimum absolute atomic E-state index is 0.130. The predicted molar refractivity (Wildman–Crippen MR) is 110 cm³/mol.